The van der Waals surface area contributed by atoms with Crippen molar-refractivity contribution in [1.29, 1.82) is 0 Å². The number of nitrogens with two attached hydrogens (primary N) is 1. The van der Waals surface area contributed by atoms with Gasteiger partial charge in [0.2, 0.25) is 0 Å². The van der Waals surface area contributed by atoms with E-state index < -0.39 is 17.7 Å². The second-order valence-electron chi connectivity index (χ2n) is 4.45. The van der Waals surface area contributed by atoms with Gasteiger partial charge < -0.3 is 10.2 Å². The average Bonchev–Trinajstić information content (AvgIpc) is 2.86. The summed E-state index contributed by atoms with van der Waals surface area (Å²) >= 11 is 6.01. The highest BCUT2D eigenvalue weighted by Gasteiger charge is 2.19. The molecule has 0 radical (unpaired) electrons. The van der Waals surface area contributed by atoms with E-state index in [4.69, 9.17) is 21.8 Å². The van der Waals surface area contributed by atoms with Gasteiger partial charge in [-0.2, -0.15) is 0 Å². The summed E-state index contributed by atoms with van der Waals surface area (Å²) in [6, 6.07) is 9.20. The Bertz CT molecular complexity index is 785. The number of hydrogen-bond donors (Lipinski definition) is 1. The molecule has 1 unspecified atom stereocenters. The van der Waals surface area contributed by atoms with Crippen LogP contribution < -0.4 is 5.73 Å². The number of para-hydroxylation sites is 1. The van der Waals surface area contributed by atoms with Gasteiger partial charge in [-0.15, -0.1) is 0 Å². The molecule has 3 aromatic rings. The second kappa shape index (κ2) is 4.89. The predicted octanol–water partition coefficient (Wildman–Crippen LogP) is 4.41. The summed E-state index contributed by atoms with van der Waals surface area (Å²) in [4.78, 5) is 0. The van der Waals surface area contributed by atoms with Crippen LogP contribution in [0.1, 0.15) is 17.4 Å². The van der Waals surface area contributed by atoms with Crippen LogP contribution >= 0.6 is 11.6 Å². The van der Waals surface area contributed by atoms with Crippen LogP contribution in [-0.2, 0) is 0 Å². The fourth-order valence-corrected chi connectivity index (χ4v) is 2.33. The molecule has 20 heavy (non-hydrogen) atoms. The molecule has 3 rings (SSSR count). The van der Waals surface area contributed by atoms with E-state index in [9.17, 15) is 8.78 Å². The van der Waals surface area contributed by atoms with Crippen molar-refractivity contribution in [3.63, 3.8) is 0 Å². The number of hydrogen-bond acceptors (Lipinski definition) is 2. The average molecular weight is 294 g/mol. The maximum absolute atomic E-state index is 13.7. The molecule has 0 bridgehead atoms. The third-order valence-electron chi connectivity index (χ3n) is 3.11. The van der Waals surface area contributed by atoms with Crippen LogP contribution in [0.5, 0.6) is 0 Å². The molecule has 2 aromatic carbocycles. The zero-order valence-corrected chi connectivity index (χ0v) is 11.0. The van der Waals surface area contributed by atoms with Crippen molar-refractivity contribution in [3.05, 3.63) is 70.4 Å². The van der Waals surface area contributed by atoms with Crippen LogP contribution in [0.3, 0.4) is 0 Å². The Hall–Kier alpha value is -1.91. The zero-order chi connectivity index (χ0) is 14.3. The largest absolute Gasteiger partial charge is 0.457 e. The van der Waals surface area contributed by atoms with Gasteiger partial charge in [-0.3, -0.25) is 0 Å². The lowest BCUT2D eigenvalue weighted by Gasteiger charge is -2.10. The topological polar surface area (TPSA) is 39.2 Å². The Morgan fingerprint density at radius 3 is 2.65 bits per heavy atom. The lowest BCUT2D eigenvalue weighted by Crippen LogP contribution is -2.13. The van der Waals surface area contributed by atoms with Crippen molar-refractivity contribution in [1.82, 2.24) is 0 Å². The Morgan fingerprint density at radius 1 is 1.10 bits per heavy atom. The third kappa shape index (κ3) is 2.17. The van der Waals surface area contributed by atoms with E-state index >= 15 is 0 Å². The summed E-state index contributed by atoms with van der Waals surface area (Å²) < 4.78 is 32.5. The van der Waals surface area contributed by atoms with Gasteiger partial charge in [0.05, 0.1) is 11.1 Å². The highest BCUT2D eigenvalue weighted by atomic mass is 35.5. The van der Waals surface area contributed by atoms with Gasteiger partial charge in [0.25, 0.3) is 0 Å². The van der Waals surface area contributed by atoms with Gasteiger partial charge in [-0.05, 0) is 30.3 Å². The fraction of sp³-hybridized carbons (Fsp3) is 0.0667. The lowest BCUT2D eigenvalue weighted by atomic mass is 10.0. The molecule has 0 amide bonds. The molecule has 0 aliphatic carbocycles. The first-order chi connectivity index (χ1) is 9.56. The summed E-state index contributed by atoms with van der Waals surface area (Å²) in [5.74, 6) is -0.797. The number of benzene rings is 2. The maximum Gasteiger partial charge on any atom is 0.152 e. The molecule has 1 aromatic heterocycles. The van der Waals surface area contributed by atoms with Gasteiger partial charge in [-0.25, -0.2) is 8.78 Å². The zero-order valence-electron chi connectivity index (χ0n) is 10.2. The molecular weight excluding hydrogens is 284 g/mol. The molecule has 0 saturated carbocycles. The van der Waals surface area contributed by atoms with Crippen LogP contribution in [0, 0.1) is 11.6 Å². The number of halogens is 3. The molecule has 1 atom stereocenters. The predicted molar refractivity (Wildman–Crippen MR) is 73.6 cm³/mol. The molecule has 2 N–H and O–H groups in total. The smallest absolute Gasteiger partial charge is 0.152 e. The third-order valence-corrected chi connectivity index (χ3v) is 3.41. The van der Waals surface area contributed by atoms with Crippen molar-refractivity contribution in [2.45, 2.75) is 6.04 Å². The van der Waals surface area contributed by atoms with E-state index in [1.807, 2.05) is 6.07 Å². The normalized spacial score (nSPS) is 12.8. The summed E-state index contributed by atoms with van der Waals surface area (Å²) in [6.45, 7) is 0. The van der Waals surface area contributed by atoms with E-state index in [1.54, 1.807) is 18.2 Å². The molecule has 5 heteroatoms. The van der Waals surface area contributed by atoms with Crippen molar-refractivity contribution >= 4 is 22.6 Å². The van der Waals surface area contributed by atoms with E-state index in [-0.39, 0.29) is 5.56 Å². The second-order valence-corrected chi connectivity index (χ2v) is 4.86. The molecule has 0 spiro atoms. The van der Waals surface area contributed by atoms with E-state index in [2.05, 4.69) is 0 Å². The molecule has 0 saturated heterocycles. The fourth-order valence-electron chi connectivity index (χ4n) is 2.11. The Morgan fingerprint density at radius 2 is 1.90 bits per heavy atom. The summed E-state index contributed by atoms with van der Waals surface area (Å²) in [7, 11) is 0. The number of furan rings is 1. The van der Waals surface area contributed by atoms with Crippen LogP contribution in [0.25, 0.3) is 11.0 Å². The summed E-state index contributed by atoms with van der Waals surface area (Å²) in [5.41, 5.74) is 6.48. The van der Waals surface area contributed by atoms with Crippen molar-refractivity contribution in [2.24, 2.45) is 5.73 Å². The Balaban J connectivity index is 2.10. The van der Waals surface area contributed by atoms with Crippen LogP contribution in [0.2, 0.25) is 5.02 Å². The summed E-state index contributed by atoms with van der Waals surface area (Å²) in [5, 5.41) is 1.21. The molecule has 0 aliphatic rings. The van der Waals surface area contributed by atoms with Crippen molar-refractivity contribution in [3.8, 4) is 0 Å². The molecule has 1 heterocycles. The SMILES string of the molecule is NC(c1cc2cccc(Cl)c2o1)c1cc(F)ccc1F. The first-order valence-electron chi connectivity index (χ1n) is 5.95. The lowest BCUT2D eigenvalue weighted by molar-refractivity contribution is 0.506. The molecule has 0 fully saturated rings. The minimum atomic E-state index is -0.894. The minimum Gasteiger partial charge on any atom is -0.457 e. The quantitative estimate of drug-likeness (QED) is 0.760. The number of fused-ring (bicyclic) bond motifs is 1. The minimum absolute atomic E-state index is 0.0418. The van der Waals surface area contributed by atoms with Crippen LogP contribution in [0.15, 0.2) is 46.9 Å². The summed E-state index contributed by atoms with van der Waals surface area (Å²) in [6.07, 6.45) is 0. The number of rotatable bonds is 2. The van der Waals surface area contributed by atoms with Crippen LogP contribution in [0.4, 0.5) is 8.78 Å². The Labute approximate surface area is 118 Å². The van der Waals surface area contributed by atoms with Crippen molar-refractivity contribution in [2.75, 3.05) is 0 Å². The van der Waals surface area contributed by atoms with Crippen LogP contribution in [-0.4, -0.2) is 0 Å². The molecular formula is C15H10ClF2NO. The first-order valence-corrected chi connectivity index (χ1v) is 6.32. The monoisotopic (exact) mass is 293 g/mol. The molecule has 2 nitrogen and oxygen atoms in total. The molecule has 0 aliphatic heterocycles. The van der Waals surface area contributed by atoms with Gasteiger partial charge in [-0.1, -0.05) is 23.7 Å². The standard InChI is InChI=1S/C15H10ClF2NO/c16-11-3-1-2-8-6-13(20-15(8)11)14(19)10-7-9(17)4-5-12(10)18/h1-7,14H,19H2. The first kappa shape index (κ1) is 13.1. The van der Waals surface area contributed by atoms with E-state index in [1.165, 1.54) is 0 Å². The van der Waals surface area contributed by atoms with Gasteiger partial charge >= 0.3 is 0 Å². The van der Waals surface area contributed by atoms with E-state index in [0.29, 0.717) is 16.4 Å². The van der Waals surface area contributed by atoms with Gasteiger partial charge in [0.1, 0.15) is 17.4 Å². The van der Waals surface area contributed by atoms with E-state index in [0.717, 1.165) is 23.6 Å². The molecule has 102 valence electrons. The van der Waals surface area contributed by atoms with Gasteiger partial charge in [0.15, 0.2) is 5.58 Å². The van der Waals surface area contributed by atoms with Crippen molar-refractivity contribution < 1.29 is 13.2 Å². The maximum atomic E-state index is 13.7. The highest BCUT2D eigenvalue weighted by molar-refractivity contribution is 6.34. The Kier molecular flexibility index (Phi) is 3.20. The van der Waals surface area contributed by atoms with Gasteiger partial charge in [0, 0.05) is 10.9 Å². The highest BCUT2D eigenvalue weighted by Crippen LogP contribution is 2.31.